The summed E-state index contributed by atoms with van der Waals surface area (Å²) in [5.41, 5.74) is 2.06. The van der Waals surface area contributed by atoms with Crippen LogP contribution >= 0.6 is 0 Å². The van der Waals surface area contributed by atoms with Gasteiger partial charge < -0.3 is 19.7 Å². The molecule has 0 bridgehead atoms. The first-order chi connectivity index (χ1) is 10.5. The number of aliphatic hydroxyl groups excluding tert-OH is 1. The Kier molecular flexibility index (Phi) is 5.97. The number of hydrogen-bond donors (Lipinski definition) is 2. The maximum absolute atomic E-state index is 12.2. The lowest BCUT2D eigenvalue weighted by Crippen LogP contribution is -2.41. The molecule has 1 amide bonds. The number of nitrogens with zero attached hydrogens (tertiary/aromatic N) is 1. The Balaban J connectivity index is 1.72. The molecule has 0 aromatic carbocycles. The normalized spacial score (nSPS) is 25.2. The SMILES string of the molecule is CO[C@@H]1C[C@H](C(=O)NCCCc2c(C)noc2C)CC[C@@H]1O. The molecule has 3 atom stereocenters. The van der Waals surface area contributed by atoms with Gasteiger partial charge in [-0.15, -0.1) is 0 Å². The summed E-state index contributed by atoms with van der Waals surface area (Å²) in [6.45, 7) is 4.48. The molecule has 0 radical (unpaired) electrons. The number of aryl methyl sites for hydroxylation is 2. The molecule has 0 aliphatic heterocycles. The lowest BCUT2D eigenvalue weighted by Gasteiger charge is -2.31. The van der Waals surface area contributed by atoms with Crippen LogP contribution in [0.15, 0.2) is 4.52 Å². The Morgan fingerprint density at radius 1 is 1.45 bits per heavy atom. The number of aliphatic hydroxyl groups is 1. The predicted molar refractivity (Wildman–Crippen MR) is 81.5 cm³/mol. The molecule has 2 rings (SSSR count). The van der Waals surface area contributed by atoms with Crippen molar-refractivity contribution in [1.29, 1.82) is 0 Å². The molecule has 1 heterocycles. The van der Waals surface area contributed by atoms with Crippen molar-refractivity contribution in [2.24, 2.45) is 5.92 Å². The van der Waals surface area contributed by atoms with Crippen molar-refractivity contribution in [1.82, 2.24) is 10.5 Å². The average molecular weight is 310 g/mol. The highest BCUT2D eigenvalue weighted by Gasteiger charge is 2.32. The van der Waals surface area contributed by atoms with E-state index in [0.29, 0.717) is 19.4 Å². The van der Waals surface area contributed by atoms with Crippen molar-refractivity contribution in [3.05, 3.63) is 17.0 Å². The first kappa shape index (κ1) is 17.0. The summed E-state index contributed by atoms with van der Waals surface area (Å²) in [7, 11) is 1.58. The van der Waals surface area contributed by atoms with E-state index in [1.807, 2.05) is 13.8 Å². The molecule has 1 aromatic rings. The lowest BCUT2D eigenvalue weighted by molar-refractivity contribution is -0.130. The van der Waals surface area contributed by atoms with Crippen molar-refractivity contribution >= 4 is 5.91 Å². The molecule has 1 aromatic heterocycles. The molecule has 0 saturated heterocycles. The first-order valence-corrected chi connectivity index (χ1v) is 7.93. The van der Waals surface area contributed by atoms with Gasteiger partial charge in [0.15, 0.2) is 0 Å². The van der Waals surface area contributed by atoms with Crippen LogP contribution in [0.1, 0.15) is 42.7 Å². The van der Waals surface area contributed by atoms with Gasteiger partial charge in [-0.1, -0.05) is 5.16 Å². The summed E-state index contributed by atoms with van der Waals surface area (Å²) in [4.78, 5) is 12.2. The fourth-order valence-corrected chi connectivity index (χ4v) is 3.08. The smallest absolute Gasteiger partial charge is 0.223 e. The minimum Gasteiger partial charge on any atom is -0.390 e. The Bertz CT molecular complexity index is 481. The van der Waals surface area contributed by atoms with Crippen molar-refractivity contribution in [2.45, 2.75) is 58.2 Å². The Morgan fingerprint density at radius 2 is 2.23 bits per heavy atom. The topological polar surface area (TPSA) is 84.6 Å². The van der Waals surface area contributed by atoms with Crippen LogP contribution in [0.4, 0.5) is 0 Å². The van der Waals surface area contributed by atoms with E-state index >= 15 is 0 Å². The molecule has 1 aliphatic carbocycles. The number of ether oxygens (including phenoxy) is 1. The molecule has 0 unspecified atom stereocenters. The van der Waals surface area contributed by atoms with Crippen LogP contribution in [0.3, 0.4) is 0 Å². The molecule has 124 valence electrons. The fraction of sp³-hybridized carbons (Fsp3) is 0.750. The largest absolute Gasteiger partial charge is 0.390 e. The highest BCUT2D eigenvalue weighted by Crippen LogP contribution is 2.26. The molecule has 2 N–H and O–H groups in total. The lowest BCUT2D eigenvalue weighted by atomic mass is 9.84. The zero-order valence-electron chi connectivity index (χ0n) is 13.6. The number of carbonyl (C=O) groups is 1. The number of amides is 1. The van der Waals surface area contributed by atoms with Gasteiger partial charge in [0, 0.05) is 25.1 Å². The zero-order valence-corrected chi connectivity index (χ0v) is 13.6. The summed E-state index contributed by atoms with van der Waals surface area (Å²) < 4.78 is 10.4. The minimum absolute atomic E-state index is 0.0626. The van der Waals surface area contributed by atoms with Gasteiger partial charge in [0.2, 0.25) is 5.91 Å². The van der Waals surface area contributed by atoms with Gasteiger partial charge in [-0.05, 0) is 46.0 Å². The van der Waals surface area contributed by atoms with Crippen LogP contribution in [0.5, 0.6) is 0 Å². The van der Waals surface area contributed by atoms with E-state index in [4.69, 9.17) is 9.26 Å². The standard InChI is InChI=1S/C16H26N2O4/c1-10-13(11(2)22-18-10)5-4-8-17-16(20)12-6-7-14(19)15(9-12)21-3/h12,14-15,19H,4-9H2,1-3H3,(H,17,20)/t12-,14+,15-/m1/s1. The predicted octanol–water partition coefficient (Wildman–Crippen LogP) is 1.52. The summed E-state index contributed by atoms with van der Waals surface area (Å²) in [5, 5.41) is 16.7. The number of methoxy groups -OCH3 is 1. The second-order valence-corrected chi connectivity index (χ2v) is 6.05. The highest BCUT2D eigenvalue weighted by molar-refractivity contribution is 5.78. The van der Waals surface area contributed by atoms with Crippen molar-refractivity contribution in [3.63, 3.8) is 0 Å². The van der Waals surface area contributed by atoms with Gasteiger partial charge in [0.25, 0.3) is 0 Å². The molecule has 1 saturated carbocycles. The van der Waals surface area contributed by atoms with Crippen LogP contribution in [0.2, 0.25) is 0 Å². The van der Waals surface area contributed by atoms with Crippen LogP contribution in [0, 0.1) is 19.8 Å². The van der Waals surface area contributed by atoms with Gasteiger partial charge in [0.05, 0.1) is 17.9 Å². The summed E-state index contributed by atoms with van der Waals surface area (Å²) in [6.07, 6.45) is 2.96. The minimum atomic E-state index is -0.450. The van der Waals surface area contributed by atoms with E-state index in [2.05, 4.69) is 10.5 Å². The Labute approximate surface area is 131 Å². The van der Waals surface area contributed by atoms with Crippen molar-refractivity contribution in [2.75, 3.05) is 13.7 Å². The van der Waals surface area contributed by atoms with E-state index in [9.17, 15) is 9.90 Å². The third-order valence-corrected chi connectivity index (χ3v) is 4.51. The maximum Gasteiger partial charge on any atom is 0.223 e. The average Bonchev–Trinajstić information content (AvgIpc) is 2.83. The molecule has 1 aliphatic rings. The number of carbonyl (C=O) groups excluding carboxylic acids is 1. The van der Waals surface area contributed by atoms with Crippen LogP contribution in [0.25, 0.3) is 0 Å². The molecular formula is C16H26N2O4. The number of hydrogen-bond acceptors (Lipinski definition) is 5. The Morgan fingerprint density at radius 3 is 2.86 bits per heavy atom. The highest BCUT2D eigenvalue weighted by atomic mass is 16.5. The van der Waals surface area contributed by atoms with E-state index in [0.717, 1.165) is 36.3 Å². The van der Waals surface area contributed by atoms with Gasteiger partial charge in [-0.2, -0.15) is 0 Å². The van der Waals surface area contributed by atoms with Crippen LogP contribution < -0.4 is 5.32 Å². The van der Waals surface area contributed by atoms with E-state index in [1.165, 1.54) is 0 Å². The first-order valence-electron chi connectivity index (χ1n) is 7.93. The third-order valence-electron chi connectivity index (χ3n) is 4.51. The summed E-state index contributed by atoms with van der Waals surface area (Å²) in [5.74, 6) is 0.855. The van der Waals surface area contributed by atoms with E-state index in [-0.39, 0.29) is 17.9 Å². The number of rotatable bonds is 6. The molecule has 6 nitrogen and oxygen atoms in total. The molecule has 6 heteroatoms. The van der Waals surface area contributed by atoms with Gasteiger partial charge in [0.1, 0.15) is 5.76 Å². The van der Waals surface area contributed by atoms with E-state index < -0.39 is 6.10 Å². The van der Waals surface area contributed by atoms with Crippen molar-refractivity contribution < 1.29 is 19.2 Å². The monoisotopic (exact) mass is 310 g/mol. The molecule has 22 heavy (non-hydrogen) atoms. The van der Waals surface area contributed by atoms with Crippen molar-refractivity contribution in [3.8, 4) is 0 Å². The van der Waals surface area contributed by atoms with Crippen LogP contribution in [-0.4, -0.2) is 42.0 Å². The molecular weight excluding hydrogens is 284 g/mol. The maximum atomic E-state index is 12.2. The van der Waals surface area contributed by atoms with Gasteiger partial charge in [-0.25, -0.2) is 0 Å². The summed E-state index contributed by atoms with van der Waals surface area (Å²) in [6, 6.07) is 0. The second-order valence-electron chi connectivity index (χ2n) is 6.05. The van der Waals surface area contributed by atoms with Crippen LogP contribution in [-0.2, 0) is 16.0 Å². The quantitative estimate of drug-likeness (QED) is 0.778. The zero-order chi connectivity index (χ0) is 16.1. The number of nitrogens with one attached hydrogen (secondary N) is 1. The Hall–Kier alpha value is -1.40. The van der Waals surface area contributed by atoms with E-state index in [1.54, 1.807) is 7.11 Å². The summed E-state index contributed by atoms with van der Waals surface area (Å²) >= 11 is 0. The number of aromatic nitrogens is 1. The van der Waals surface area contributed by atoms with Gasteiger partial charge >= 0.3 is 0 Å². The van der Waals surface area contributed by atoms with Gasteiger partial charge in [-0.3, -0.25) is 4.79 Å². The molecule has 0 spiro atoms. The molecule has 1 fully saturated rings. The fourth-order valence-electron chi connectivity index (χ4n) is 3.08. The second kappa shape index (κ2) is 7.74. The third kappa shape index (κ3) is 4.08.